The van der Waals surface area contributed by atoms with Crippen LogP contribution in [0, 0.1) is 13.8 Å². The summed E-state index contributed by atoms with van der Waals surface area (Å²) in [5.74, 6) is -0.158. The van der Waals surface area contributed by atoms with Gasteiger partial charge < -0.3 is 9.88 Å². The van der Waals surface area contributed by atoms with Crippen molar-refractivity contribution < 1.29 is 4.79 Å². The van der Waals surface area contributed by atoms with E-state index in [4.69, 9.17) is 0 Å². The van der Waals surface area contributed by atoms with E-state index in [0.717, 1.165) is 33.3 Å². The molecule has 0 bridgehead atoms. The van der Waals surface area contributed by atoms with Crippen molar-refractivity contribution in [1.82, 2.24) is 9.97 Å². The zero-order valence-electron chi connectivity index (χ0n) is 16.3. The number of rotatable bonds is 4. The number of aromatic nitrogens is 2. The second-order valence-corrected chi connectivity index (χ2v) is 7.13. The Morgan fingerprint density at radius 1 is 1.03 bits per heavy atom. The molecule has 0 spiro atoms. The lowest BCUT2D eigenvalue weighted by atomic mass is 10.1. The van der Waals surface area contributed by atoms with Crippen molar-refractivity contribution in [2.45, 2.75) is 20.4 Å². The Labute approximate surface area is 168 Å². The normalized spacial score (nSPS) is 10.8. The Balaban J connectivity index is 1.85. The van der Waals surface area contributed by atoms with Gasteiger partial charge in [0.15, 0.2) is 0 Å². The first-order valence-corrected chi connectivity index (χ1v) is 9.43. The van der Waals surface area contributed by atoms with E-state index in [1.54, 1.807) is 35.5 Å². The van der Waals surface area contributed by atoms with Crippen LogP contribution in [0.2, 0.25) is 0 Å². The Morgan fingerprint density at radius 3 is 2.62 bits per heavy atom. The predicted molar refractivity (Wildman–Crippen MR) is 115 cm³/mol. The molecule has 0 radical (unpaired) electrons. The number of pyridine rings is 2. The Bertz CT molecular complexity index is 1250. The summed E-state index contributed by atoms with van der Waals surface area (Å²) in [6.07, 6.45) is 3.21. The molecule has 2 aromatic carbocycles. The van der Waals surface area contributed by atoms with Crippen LogP contribution >= 0.6 is 0 Å². The molecule has 0 fully saturated rings. The van der Waals surface area contributed by atoms with Crippen LogP contribution in [0.15, 0.2) is 77.9 Å². The van der Waals surface area contributed by atoms with Crippen molar-refractivity contribution in [3.8, 4) is 0 Å². The topological polar surface area (TPSA) is 66.1 Å². The van der Waals surface area contributed by atoms with Gasteiger partial charge in [-0.2, -0.15) is 0 Å². The Hall–Kier alpha value is -3.73. The number of aromatic amines is 1. The van der Waals surface area contributed by atoms with E-state index in [9.17, 15) is 9.59 Å². The van der Waals surface area contributed by atoms with E-state index < -0.39 is 0 Å². The van der Waals surface area contributed by atoms with Gasteiger partial charge in [-0.15, -0.1) is 0 Å². The molecule has 0 aliphatic heterocycles. The number of carbonyl (C=O) groups is 1. The van der Waals surface area contributed by atoms with E-state index >= 15 is 0 Å². The summed E-state index contributed by atoms with van der Waals surface area (Å²) >= 11 is 0. The summed E-state index contributed by atoms with van der Waals surface area (Å²) in [5, 5.41) is 0.917. The Kier molecular flexibility index (Phi) is 4.96. The Morgan fingerprint density at radius 2 is 1.86 bits per heavy atom. The lowest BCUT2D eigenvalue weighted by molar-refractivity contribution is 0.0984. The van der Waals surface area contributed by atoms with Crippen molar-refractivity contribution in [1.29, 1.82) is 0 Å². The smallest absolute Gasteiger partial charge is 0.260 e. The SMILES string of the molecule is Cc1ccc(N(Cc2cc(=O)[nH]c3ccccc23)C(=O)c2cccnc2)c(C)c1. The van der Waals surface area contributed by atoms with Crippen molar-refractivity contribution in [2.24, 2.45) is 0 Å². The van der Waals surface area contributed by atoms with Crippen LogP contribution in [0.5, 0.6) is 0 Å². The number of H-pyrrole nitrogens is 1. The van der Waals surface area contributed by atoms with Gasteiger partial charge in [-0.25, -0.2) is 0 Å². The summed E-state index contributed by atoms with van der Waals surface area (Å²) in [7, 11) is 0. The second-order valence-electron chi connectivity index (χ2n) is 7.13. The minimum absolute atomic E-state index is 0.158. The second kappa shape index (κ2) is 7.72. The van der Waals surface area contributed by atoms with Gasteiger partial charge in [0.25, 0.3) is 5.91 Å². The van der Waals surface area contributed by atoms with Gasteiger partial charge in [0.1, 0.15) is 0 Å². The van der Waals surface area contributed by atoms with Gasteiger partial charge in [0.05, 0.1) is 12.1 Å². The van der Waals surface area contributed by atoms with Gasteiger partial charge in [-0.05, 0) is 49.2 Å². The summed E-state index contributed by atoms with van der Waals surface area (Å²) in [6.45, 7) is 4.29. The number of nitrogens with zero attached hydrogens (tertiary/aromatic N) is 2. The number of fused-ring (bicyclic) bond motifs is 1. The molecule has 5 heteroatoms. The van der Waals surface area contributed by atoms with Gasteiger partial charge in [-0.1, -0.05) is 35.9 Å². The number of amides is 1. The van der Waals surface area contributed by atoms with Gasteiger partial charge in [0, 0.05) is 35.1 Å². The number of aryl methyl sites for hydroxylation is 2. The van der Waals surface area contributed by atoms with E-state index in [1.165, 1.54) is 0 Å². The maximum Gasteiger partial charge on any atom is 0.260 e. The van der Waals surface area contributed by atoms with Crippen LogP contribution in [0.4, 0.5) is 5.69 Å². The molecule has 29 heavy (non-hydrogen) atoms. The molecular formula is C24H21N3O2. The number of carbonyl (C=O) groups excluding carboxylic acids is 1. The zero-order chi connectivity index (χ0) is 20.4. The molecule has 0 atom stereocenters. The van der Waals surface area contributed by atoms with Crippen molar-refractivity contribution in [3.63, 3.8) is 0 Å². The highest BCUT2D eigenvalue weighted by atomic mass is 16.2. The number of para-hydroxylation sites is 1. The molecule has 0 aliphatic carbocycles. The number of nitrogens with one attached hydrogen (secondary N) is 1. The molecule has 0 saturated heterocycles. The average molecular weight is 383 g/mol. The summed E-state index contributed by atoms with van der Waals surface area (Å²) < 4.78 is 0. The molecule has 4 rings (SSSR count). The quantitative estimate of drug-likeness (QED) is 0.568. The fraction of sp³-hybridized carbons (Fsp3) is 0.125. The van der Waals surface area contributed by atoms with Crippen LogP contribution in [-0.2, 0) is 6.54 Å². The van der Waals surface area contributed by atoms with Crippen LogP contribution in [0.25, 0.3) is 10.9 Å². The maximum atomic E-state index is 13.4. The lowest BCUT2D eigenvalue weighted by Gasteiger charge is -2.25. The van der Waals surface area contributed by atoms with Crippen LogP contribution in [-0.4, -0.2) is 15.9 Å². The first kappa shape index (κ1) is 18.6. The monoisotopic (exact) mass is 383 g/mol. The molecule has 0 aliphatic rings. The van der Waals surface area contributed by atoms with Crippen molar-refractivity contribution in [3.05, 3.63) is 106 Å². The first-order chi connectivity index (χ1) is 14.0. The van der Waals surface area contributed by atoms with Crippen LogP contribution < -0.4 is 10.5 Å². The molecule has 1 amide bonds. The summed E-state index contributed by atoms with van der Waals surface area (Å²) in [6, 6.07) is 18.7. The number of hydrogen-bond acceptors (Lipinski definition) is 3. The van der Waals surface area contributed by atoms with Gasteiger partial charge >= 0.3 is 0 Å². The zero-order valence-corrected chi connectivity index (χ0v) is 16.3. The molecule has 0 saturated carbocycles. The third kappa shape index (κ3) is 3.80. The fourth-order valence-electron chi connectivity index (χ4n) is 3.60. The fourth-order valence-corrected chi connectivity index (χ4v) is 3.60. The van der Waals surface area contributed by atoms with Crippen LogP contribution in [0.3, 0.4) is 0 Å². The third-order valence-electron chi connectivity index (χ3n) is 4.96. The average Bonchev–Trinajstić information content (AvgIpc) is 2.72. The van der Waals surface area contributed by atoms with Crippen LogP contribution in [0.1, 0.15) is 27.0 Å². The summed E-state index contributed by atoms with van der Waals surface area (Å²) in [4.78, 5) is 34.3. The van der Waals surface area contributed by atoms with E-state index in [0.29, 0.717) is 5.56 Å². The standard InChI is InChI=1S/C24H21N3O2/c1-16-9-10-22(17(2)12-16)27(24(29)18-6-5-11-25-14-18)15-19-13-23(28)26-21-8-4-3-7-20(19)21/h3-14H,15H2,1-2H3,(H,26,28). The minimum atomic E-state index is -0.187. The molecule has 1 N–H and O–H groups in total. The number of hydrogen-bond donors (Lipinski definition) is 1. The summed E-state index contributed by atoms with van der Waals surface area (Å²) in [5.41, 5.74) is 4.80. The highest BCUT2D eigenvalue weighted by Gasteiger charge is 2.21. The highest BCUT2D eigenvalue weighted by molar-refractivity contribution is 6.06. The molecule has 0 unspecified atom stereocenters. The molecule has 144 valence electrons. The maximum absolute atomic E-state index is 13.4. The minimum Gasteiger partial charge on any atom is -0.322 e. The van der Waals surface area contributed by atoms with Gasteiger partial charge in [0.2, 0.25) is 5.56 Å². The van der Waals surface area contributed by atoms with Crippen molar-refractivity contribution in [2.75, 3.05) is 4.90 Å². The van der Waals surface area contributed by atoms with Gasteiger partial charge in [-0.3, -0.25) is 14.6 Å². The highest BCUT2D eigenvalue weighted by Crippen LogP contribution is 2.26. The van der Waals surface area contributed by atoms with E-state index in [1.807, 2.05) is 50.2 Å². The molecular weight excluding hydrogens is 362 g/mol. The molecule has 2 heterocycles. The molecule has 5 nitrogen and oxygen atoms in total. The third-order valence-corrected chi connectivity index (χ3v) is 4.96. The largest absolute Gasteiger partial charge is 0.322 e. The lowest BCUT2D eigenvalue weighted by Crippen LogP contribution is -2.31. The van der Waals surface area contributed by atoms with E-state index in [2.05, 4.69) is 16.0 Å². The molecule has 2 aromatic heterocycles. The molecule has 4 aromatic rings. The predicted octanol–water partition coefficient (Wildman–Crippen LogP) is 4.39. The number of anilines is 1. The first-order valence-electron chi connectivity index (χ1n) is 9.43. The number of benzene rings is 2. The van der Waals surface area contributed by atoms with Crippen molar-refractivity contribution >= 4 is 22.5 Å². The van der Waals surface area contributed by atoms with E-state index in [-0.39, 0.29) is 18.0 Å².